The van der Waals surface area contributed by atoms with Gasteiger partial charge < -0.3 is 14.3 Å². The molecule has 0 radical (unpaired) electrons. The molecule has 17 heavy (non-hydrogen) atoms. The highest BCUT2D eigenvalue weighted by Gasteiger charge is 2.17. The van der Waals surface area contributed by atoms with Gasteiger partial charge in [-0.2, -0.15) is 4.98 Å². The normalized spacial score (nSPS) is 20.6. The number of nitrogens with zero attached hydrogens (tertiary/aromatic N) is 2. The van der Waals surface area contributed by atoms with E-state index in [1.54, 1.807) is 6.26 Å². The lowest BCUT2D eigenvalue weighted by Crippen LogP contribution is -2.31. The summed E-state index contributed by atoms with van der Waals surface area (Å²) >= 11 is 0. The molecule has 5 nitrogen and oxygen atoms in total. The number of piperidine rings is 1. The maximum absolute atomic E-state index is 5.21. The molecule has 1 aliphatic heterocycles. The van der Waals surface area contributed by atoms with Crippen LogP contribution in [0.5, 0.6) is 0 Å². The zero-order chi connectivity index (χ0) is 11.5. The summed E-state index contributed by atoms with van der Waals surface area (Å²) in [7, 11) is 0. The fourth-order valence-corrected chi connectivity index (χ4v) is 2.19. The Bertz CT molecular complexity index is 458. The highest BCUT2D eigenvalue weighted by Crippen LogP contribution is 2.19. The fourth-order valence-electron chi connectivity index (χ4n) is 2.19. The van der Waals surface area contributed by atoms with Gasteiger partial charge in [-0.25, -0.2) is 0 Å². The van der Waals surface area contributed by atoms with Crippen molar-refractivity contribution in [1.29, 1.82) is 0 Å². The van der Waals surface area contributed by atoms with Crippen molar-refractivity contribution in [3.05, 3.63) is 24.2 Å². The van der Waals surface area contributed by atoms with Crippen LogP contribution in [0.1, 0.15) is 18.7 Å². The minimum Gasteiger partial charge on any atom is -0.459 e. The molecule has 1 N–H and O–H groups in total. The summed E-state index contributed by atoms with van der Waals surface area (Å²) in [4.78, 5) is 4.35. The quantitative estimate of drug-likeness (QED) is 0.876. The van der Waals surface area contributed by atoms with Crippen LogP contribution in [-0.2, 0) is 6.42 Å². The van der Waals surface area contributed by atoms with Gasteiger partial charge in [0.05, 0.1) is 6.26 Å². The lowest BCUT2D eigenvalue weighted by molar-refractivity contribution is 0.358. The van der Waals surface area contributed by atoms with Gasteiger partial charge in [0.15, 0.2) is 11.6 Å². The molecule has 0 aliphatic carbocycles. The second-order valence-electron chi connectivity index (χ2n) is 4.41. The molecule has 0 bridgehead atoms. The topological polar surface area (TPSA) is 64.1 Å². The first-order valence-corrected chi connectivity index (χ1v) is 5.99. The summed E-state index contributed by atoms with van der Waals surface area (Å²) in [5, 5.41) is 7.38. The van der Waals surface area contributed by atoms with E-state index in [-0.39, 0.29) is 0 Å². The summed E-state index contributed by atoms with van der Waals surface area (Å²) < 4.78 is 10.4. The third kappa shape index (κ3) is 2.39. The van der Waals surface area contributed by atoms with Crippen LogP contribution in [0.4, 0.5) is 0 Å². The van der Waals surface area contributed by atoms with E-state index in [0.29, 0.717) is 17.6 Å². The van der Waals surface area contributed by atoms with Gasteiger partial charge in [0.25, 0.3) is 5.89 Å². The van der Waals surface area contributed by atoms with Crippen molar-refractivity contribution in [2.24, 2.45) is 5.92 Å². The molecule has 3 heterocycles. The third-order valence-corrected chi connectivity index (χ3v) is 3.07. The number of rotatable bonds is 3. The van der Waals surface area contributed by atoms with E-state index in [9.17, 15) is 0 Å². The molecule has 1 fully saturated rings. The van der Waals surface area contributed by atoms with E-state index in [2.05, 4.69) is 15.5 Å². The van der Waals surface area contributed by atoms with Crippen molar-refractivity contribution >= 4 is 0 Å². The molecule has 90 valence electrons. The molecule has 1 saturated heterocycles. The predicted octanol–water partition coefficient (Wildman–Crippen LogP) is 1.87. The number of furan rings is 1. The Morgan fingerprint density at radius 1 is 1.47 bits per heavy atom. The Hall–Kier alpha value is -1.62. The smallest absolute Gasteiger partial charge is 0.293 e. The van der Waals surface area contributed by atoms with Crippen LogP contribution < -0.4 is 5.32 Å². The van der Waals surface area contributed by atoms with Gasteiger partial charge in [-0.05, 0) is 44.0 Å². The summed E-state index contributed by atoms with van der Waals surface area (Å²) in [6.45, 7) is 2.17. The average Bonchev–Trinajstić information content (AvgIpc) is 3.00. The van der Waals surface area contributed by atoms with E-state index in [1.165, 1.54) is 12.8 Å². The Morgan fingerprint density at radius 2 is 2.47 bits per heavy atom. The van der Waals surface area contributed by atoms with Crippen LogP contribution in [0.15, 0.2) is 27.3 Å². The monoisotopic (exact) mass is 233 g/mol. The van der Waals surface area contributed by atoms with Gasteiger partial charge >= 0.3 is 0 Å². The summed E-state index contributed by atoms with van der Waals surface area (Å²) in [5.74, 6) is 2.48. The standard InChI is InChI=1S/C12H15N3O2/c1-3-9(8-13-5-1)7-11-14-12(17-15-11)10-4-2-6-16-10/h2,4,6,9,13H,1,3,5,7-8H2. The van der Waals surface area contributed by atoms with Crippen molar-refractivity contribution in [3.8, 4) is 11.7 Å². The molecule has 1 unspecified atom stereocenters. The first-order chi connectivity index (χ1) is 8.42. The zero-order valence-corrected chi connectivity index (χ0v) is 9.56. The minimum atomic E-state index is 0.466. The Balaban J connectivity index is 1.68. The molecule has 0 aromatic carbocycles. The van der Waals surface area contributed by atoms with Crippen molar-refractivity contribution in [2.75, 3.05) is 13.1 Å². The first kappa shape index (κ1) is 10.5. The fraction of sp³-hybridized carbons (Fsp3) is 0.500. The molecule has 1 aliphatic rings. The summed E-state index contributed by atoms with van der Waals surface area (Å²) in [6, 6.07) is 3.63. The molecule has 1 atom stereocenters. The zero-order valence-electron chi connectivity index (χ0n) is 9.56. The molecule has 2 aromatic rings. The average molecular weight is 233 g/mol. The van der Waals surface area contributed by atoms with Crippen molar-refractivity contribution < 1.29 is 8.94 Å². The highest BCUT2D eigenvalue weighted by atomic mass is 16.5. The summed E-state index contributed by atoms with van der Waals surface area (Å²) in [6.07, 6.45) is 4.94. The molecule has 0 spiro atoms. The van der Waals surface area contributed by atoms with Gasteiger partial charge in [-0.15, -0.1) is 0 Å². The van der Waals surface area contributed by atoms with Gasteiger partial charge in [0.1, 0.15) is 0 Å². The molecule has 3 rings (SSSR count). The minimum absolute atomic E-state index is 0.466. The molecular weight excluding hydrogens is 218 g/mol. The van der Waals surface area contributed by atoms with Gasteiger partial charge in [0.2, 0.25) is 0 Å². The number of hydrogen-bond donors (Lipinski definition) is 1. The van der Waals surface area contributed by atoms with E-state index in [4.69, 9.17) is 8.94 Å². The second-order valence-corrected chi connectivity index (χ2v) is 4.41. The van der Waals surface area contributed by atoms with E-state index in [0.717, 1.165) is 25.3 Å². The van der Waals surface area contributed by atoms with Gasteiger partial charge in [-0.1, -0.05) is 5.16 Å². The van der Waals surface area contributed by atoms with Crippen LogP contribution in [0.3, 0.4) is 0 Å². The molecule has 5 heteroatoms. The predicted molar refractivity (Wildman–Crippen MR) is 61.3 cm³/mol. The lowest BCUT2D eigenvalue weighted by Gasteiger charge is -2.20. The second kappa shape index (κ2) is 4.71. The van der Waals surface area contributed by atoms with E-state index >= 15 is 0 Å². The third-order valence-electron chi connectivity index (χ3n) is 3.07. The lowest BCUT2D eigenvalue weighted by atomic mass is 9.96. The Labute approximate surface area is 99.2 Å². The highest BCUT2D eigenvalue weighted by molar-refractivity contribution is 5.42. The summed E-state index contributed by atoms with van der Waals surface area (Å²) in [5.41, 5.74) is 0. The van der Waals surface area contributed by atoms with Gasteiger partial charge in [-0.3, -0.25) is 0 Å². The molecule has 0 saturated carbocycles. The number of hydrogen-bond acceptors (Lipinski definition) is 5. The SMILES string of the molecule is c1coc(-c2nc(CC3CCCNC3)no2)c1. The van der Waals surface area contributed by atoms with Crippen molar-refractivity contribution in [2.45, 2.75) is 19.3 Å². The van der Waals surface area contributed by atoms with Crippen molar-refractivity contribution in [3.63, 3.8) is 0 Å². The van der Waals surface area contributed by atoms with Gasteiger partial charge in [0, 0.05) is 6.42 Å². The maximum Gasteiger partial charge on any atom is 0.293 e. The van der Waals surface area contributed by atoms with Crippen LogP contribution in [0.25, 0.3) is 11.7 Å². The van der Waals surface area contributed by atoms with Crippen LogP contribution in [-0.4, -0.2) is 23.2 Å². The first-order valence-electron chi connectivity index (χ1n) is 5.99. The Kier molecular flexibility index (Phi) is 2.92. The molecule has 2 aromatic heterocycles. The molecule has 0 amide bonds. The number of aromatic nitrogens is 2. The van der Waals surface area contributed by atoms with Crippen LogP contribution in [0, 0.1) is 5.92 Å². The Morgan fingerprint density at radius 3 is 3.24 bits per heavy atom. The largest absolute Gasteiger partial charge is 0.459 e. The van der Waals surface area contributed by atoms with E-state index in [1.807, 2.05) is 12.1 Å². The van der Waals surface area contributed by atoms with Crippen LogP contribution in [0.2, 0.25) is 0 Å². The molecular formula is C12H15N3O2. The van der Waals surface area contributed by atoms with E-state index < -0.39 is 0 Å². The van der Waals surface area contributed by atoms with Crippen LogP contribution >= 0.6 is 0 Å². The maximum atomic E-state index is 5.21. The van der Waals surface area contributed by atoms with Crippen molar-refractivity contribution in [1.82, 2.24) is 15.5 Å². The number of nitrogens with one attached hydrogen (secondary N) is 1.